The molecule has 0 aromatic heterocycles. The Kier molecular flexibility index (Phi) is 3.57. The quantitative estimate of drug-likeness (QED) is 0.678. The molecule has 1 heterocycles. The van der Waals surface area contributed by atoms with Crippen LogP contribution in [0.2, 0.25) is 0 Å². The van der Waals surface area contributed by atoms with E-state index in [4.69, 9.17) is 5.11 Å². The molecule has 0 aliphatic carbocycles. The lowest BCUT2D eigenvalue weighted by molar-refractivity contribution is -0.145. The second-order valence-corrected chi connectivity index (χ2v) is 4.28. The standard InChI is InChI=1S/C9H13NO3S/c1-2-3-7(11)10-9(8(12)13)4-5-14-6-9/h2-3H,4-6H2,1H3,(H,10,11)(H,12,13). The van der Waals surface area contributed by atoms with E-state index in [1.54, 1.807) is 24.8 Å². The highest BCUT2D eigenvalue weighted by molar-refractivity contribution is 7.99. The van der Waals surface area contributed by atoms with Gasteiger partial charge in [0.1, 0.15) is 5.54 Å². The van der Waals surface area contributed by atoms with E-state index < -0.39 is 11.5 Å². The van der Waals surface area contributed by atoms with Crippen molar-refractivity contribution in [3.63, 3.8) is 0 Å². The van der Waals surface area contributed by atoms with E-state index in [1.807, 2.05) is 0 Å². The molecule has 78 valence electrons. The van der Waals surface area contributed by atoms with Crippen LogP contribution in [0.15, 0.2) is 12.2 Å². The predicted molar refractivity (Wildman–Crippen MR) is 55.3 cm³/mol. The van der Waals surface area contributed by atoms with E-state index in [1.165, 1.54) is 6.08 Å². The summed E-state index contributed by atoms with van der Waals surface area (Å²) in [5, 5.41) is 11.6. The van der Waals surface area contributed by atoms with Crippen LogP contribution in [-0.2, 0) is 9.59 Å². The van der Waals surface area contributed by atoms with Gasteiger partial charge in [0.15, 0.2) is 0 Å². The summed E-state index contributed by atoms with van der Waals surface area (Å²) in [5.74, 6) is -0.0497. The number of aliphatic carboxylic acids is 1. The van der Waals surface area contributed by atoms with Gasteiger partial charge in [0, 0.05) is 5.75 Å². The first-order chi connectivity index (χ1) is 6.60. The molecule has 1 rings (SSSR count). The summed E-state index contributed by atoms with van der Waals surface area (Å²) in [7, 11) is 0. The molecular weight excluding hydrogens is 202 g/mol. The van der Waals surface area contributed by atoms with Gasteiger partial charge in [0.25, 0.3) is 0 Å². The maximum Gasteiger partial charge on any atom is 0.330 e. The SMILES string of the molecule is CC=CC(=O)NC1(C(=O)O)CCSC1. The lowest BCUT2D eigenvalue weighted by Crippen LogP contribution is -2.54. The molecule has 0 radical (unpaired) electrons. The molecule has 14 heavy (non-hydrogen) atoms. The molecule has 1 atom stereocenters. The van der Waals surface area contributed by atoms with Crippen LogP contribution < -0.4 is 5.32 Å². The van der Waals surface area contributed by atoms with Crippen molar-refractivity contribution < 1.29 is 14.7 Å². The zero-order chi connectivity index (χ0) is 10.6. The summed E-state index contributed by atoms with van der Waals surface area (Å²) >= 11 is 1.55. The highest BCUT2D eigenvalue weighted by Crippen LogP contribution is 2.28. The highest BCUT2D eigenvalue weighted by Gasteiger charge is 2.42. The summed E-state index contributed by atoms with van der Waals surface area (Å²) in [4.78, 5) is 22.2. The van der Waals surface area contributed by atoms with Crippen LogP contribution in [0.25, 0.3) is 0 Å². The second kappa shape index (κ2) is 4.50. The van der Waals surface area contributed by atoms with Crippen LogP contribution in [0.5, 0.6) is 0 Å². The number of carbonyl (C=O) groups excluding carboxylic acids is 1. The number of allylic oxidation sites excluding steroid dienone is 1. The van der Waals surface area contributed by atoms with Crippen molar-refractivity contribution in [1.82, 2.24) is 5.32 Å². The minimum Gasteiger partial charge on any atom is -0.479 e. The average Bonchev–Trinajstić information content (AvgIpc) is 2.54. The Morgan fingerprint density at radius 2 is 2.29 bits per heavy atom. The number of amides is 1. The Morgan fingerprint density at radius 1 is 1.57 bits per heavy atom. The highest BCUT2D eigenvalue weighted by atomic mass is 32.2. The molecule has 5 heteroatoms. The molecule has 0 aromatic rings. The number of thioether (sulfide) groups is 1. The van der Waals surface area contributed by atoms with Gasteiger partial charge in [-0.1, -0.05) is 6.08 Å². The van der Waals surface area contributed by atoms with Gasteiger partial charge in [-0.15, -0.1) is 0 Å². The van der Waals surface area contributed by atoms with Gasteiger partial charge in [0.05, 0.1) is 0 Å². The van der Waals surface area contributed by atoms with Crippen LogP contribution in [0, 0.1) is 0 Å². The number of carboxylic acids is 1. The number of nitrogens with one attached hydrogen (secondary N) is 1. The van der Waals surface area contributed by atoms with E-state index in [-0.39, 0.29) is 5.91 Å². The fraction of sp³-hybridized carbons (Fsp3) is 0.556. The third-order valence-electron chi connectivity index (χ3n) is 2.11. The molecular formula is C9H13NO3S. The fourth-order valence-electron chi connectivity index (χ4n) is 1.31. The number of hydrogen-bond acceptors (Lipinski definition) is 3. The van der Waals surface area contributed by atoms with Crippen LogP contribution in [0.3, 0.4) is 0 Å². The van der Waals surface area contributed by atoms with E-state index in [2.05, 4.69) is 5.32 Å². The number of hydrogen-bond donors (Lipinski definition) is 2. The first kappa shape index (κ1) is 11.1. The zero-order valence-electron chi connectivity index (χ0n) is 7.95. The molecule has 1 saturated heterocycles. The van der Waals surface area contributed by atoms with Gasteiger partial charge in [-0.2, -0.15) is 11.8 Å². The van der Waals surface area contributed by atoms with Gasteiger partial charge in [-0.3, -0.25) is 4.79 Å². The molecule has 4 nitrogen and oxygen atoms in total. The monoisotopic (exact) mass is 215 g/mol. The van der Waals surface area contributed by atoms with Crippen LogP contribution in [0.1, 0.15) is 13.3 Å². The Balaban J connectivity index is 2.70. The Bertz CT molecular complexity index is 269. The van der Waals surface area contributed by atoms with Crippen molar-refractivity contribution in [2.75, 3.05) is 11.5 Å². The molecule has 1 amide bonds. The van der Waals surface area contributed by atoms with E-state index in [0.29, 0.717) is 12.2 Å². The van der Waals surface area contributed by atoms with Gasteiger partial charge in [-0.05, 0) is 25.2 Å². The predicted octanol–water partition coefficient (Wildman–Crippen LogP) is 0.639. The third kappa shape index (κ3) is 2.29. The van der Waals surface area contributed by atoms with Crippen molar-refractivity contribution in [1.29, 1.82) is 0 Å². The van der Waals surface area contributed by atoms with Crippen LogP contribution in [0.4, 0.5) is 0 Å². The van der Waals surface area contributed by atoms with E-state index >= 15 is 0 Å². The Morgan fingerprint density at radius 3 is 2.71 bits per heavy atom. The summed E-state index contributed by atoms with van der Waals surface area (Å²) in [6, 6.07) is 0. The fourth-order valence-corrected chi connectivity index (χ4v) is 2.64. The zero-order valence-corrected chi connectivity index (χ0v) is 8.76. The summed E-state index contributed by atoms with van der Waals surface area (Å²) < 4.78 is 0. The van der Waals surface area contributed by atoms with Gasteiger partial charge >= 0.3 is 5.97 Å². The first-order valence-electron chi connectivity index (χ1n) is 4.37. The first-order valence-corrected chi connectivity index (χ1v) is 5.52. The third-order valence-corrected chi connectivity index (χ3v) is 3.30. The van der Waals surface area contributed by atoms with Gasteiger partial charge in [-0.25, -0.2) is 4.79 Å². The normalized spacial score (nSPS) is 26.6. The minimum atomic E-state index is -1.05. The van der Waals surface area contributed by atoms with Crippen LogP contribution in [-0.4, -0.2) is 34.0 Å². The van der Waals surface area contributed by atoms with E-state index in [9.17, 15) is 9.59 Å². The molecule has 1 aliphatic heterocycles. The van der Waals surface area contributed by atoms with Crippen molar-refractivity contribution in [3.05, 3.63) is 12.2 Å². The lowest BCUT2D eigenvalue weighted by atomic mass is 9.99. The van der Waals surface area contributed by atoms with Crippen molar-refractivity contribution in [2.45, 2.75) is 18.9 Å². The van der Waals surface area contributed by atoms with Crippen molar-refractivity contribution >= 4 is 23.6 Å². The molecule has 0 spiro atoms. The summed E-state index contributed by atoms with van der Waals surface area (Å²) in [6.45, 7) is 1.72. The number of carboxylic acid groups (broad SMARTS) is 1. The Labute approximate surface area is 86.8 Å². The smallest absolute Gasteiger partial charge is 0.330 e. The van der Waals surface area contributed by atoms with Crippen molar-refractivity contribution in [3.8, 4) is 0 Å². The second-order valence-electron chi connectivity index (χ2n) is 3.18. The molecule has 0 bridgehead atoms. The summed E-state index contributed by atoms with van der Waals surface area (Å²) in [6.07, 6.45) is 3.43. The summed E-state index contributed by atoms with van der Waals surface area (Å²) in [5.41, 5.74) is -1.05. The van der Waals surface area contributed by atoms with Gasteiger partial charge in [0.2, 0.25) is 5.91 Å². The van der Waals surface area contributed by atoms with Crippen LogP contribution >= 0.6 is 11.8 Å². The average molecular weight is 215 g/mol. The molecule has 1 unspecified atom stereocenters. The maximum atomic E-state index is 11.2. The van der Waals surface area contributed by atoms with E-state index in [0.717, 1.165) is 5.75 Å². The van der Waals surface area contributed by atoms with Crippen molar-refractivity contribution in [2.24, 2.45) is 0 Å². The number of rotatable bonds is 3. The number of carbonyl (C=O) groups is 2. The Hall–Kier alpha value is -0.970. The molecule has 1 aliphatic rings. The molecule has 1 fully saturated rings. The lowest BCUT2D eigenvalue weighted by Gasteiger charge is -2.23. The molecule has 0 saturated carbocycles. The minimum absolute atomic E-state index is 0.336. The largest absolute Gasteiger partial charge is 0.479 e. The molecule has 0 aromatic carbocycles. The topological polar surface area (TPSA) is 66.4 Å². The molecule has 2 N–H and O–H groups in total. The van der Waals surface area contributed by atoms with Gasteiger partial charge < -0.3 is 10.4 Å². The maximum absolute atomic E-state index is 11.2.